The van der Waals surface area contributed by atoms with E-state index in [0.717, 1.165) is 16.8 Å². The Balaban J connectivity index is 1.45. The van der Waals surface area contributed by atoms with E-state index in [4.69, 9.17) is 5.73 Å². The summed E-state index contributed by atoms with van der Waals surface area (Å²) >= 11 is 0. The van der Waals surface area contributed by atoms with Crippen molar-refractivity contribution in [3.8, 4) is 0 Å². The number of carbonyl (C=O) groups is 3. The first kappa shape index (κ1) is 27.8. The normalized spacial score (nSPS) is 19.2. The SMILES string of the molecule is CC1(C)C(=O)N(C2CCN(C(=O)[C@H](CCc3ccccc3)NC(=O)[C@@H](N)C(C)(C)C)CC2)c2ccccc21. The van der Waals surface area contributed by atoms with E-state index in [2.05, 4.69) is 5.32 Å². The Morgan fingerprint density at radius 1 is 1.03 bits per heavy atom. The molecule has 0 unspecified atom stereocenters. The Bertz CT molecular complexity index is 1160. The number of piperidine rings is 1. The van der Waals surface area contributed by atoms with Gasteiger partial charge in [-0.15, -0.1) is 0 Å². The van der Waals surface area contributed by atoms with Gasteiger partial charge in [-0.05, 0) is 62.1 Å². The van der Waals surface area contributed by atoms with Crippen molar-refractivity contribution in [2.75, 3.05) is 18.0 Å². The first-order valence-corrected chi connectivity index (χ1v) is 13.7. The lowest BCUT2D eigenvalue weighted by atomic mass is 9.86. The Labute approximate surface area is 226 Å². The molecular formula is C31H42N4O3. The van der Waals surface area contributed by atoms with Crippen LogP contribution in [0.25, 0.3) is 0 Å². The van der Waals surface area contributed by atoms with Crippen LogP contribution in [0.2, 0.25) is 0 Å². The largest absolute Gasteiger partial charge is 0.343 e. The van der Waals surface area contributed by atoms with Gasteiger partial charge in [-0.25, -0.2) is 0 Å². The zero-order chi connectivity index (χ0) is 27.7. The summed E-state index contributed by atoms with van der Waals surface area (Å²) < 4.78 is 0. The molecule has 2 atom stereocenters. The highest BCUT2D eigenvalue weighted by atomic mass is 16.2. The van der Waals surface area contributed by atoms with Crippen molar-refractivity contribution in [1.29, 1.82) is 0 Å². The minimum Gasteiger partial charge on any atom is -0.343 e. The molecule has 2 aromatic rings. The Hall–Kier alpha value is -3.19. The van der Waals surface area contributed by atoms with E-state index in [1.165, 1.54) is 0 Å². The van der Waals surface area contributed by atoms with E-state index in [1.54, 1.807) is 0 Å². The number of nitrogens with one attached hydrogen (secondary N) is 1. The van der Waals surface area contributed by atoms with Gasteiger partial charge in [0.1, 0.15) is 6.04 Å². The fraction of sp³-hybridized carbons (Fsp3) is 0.516. The lowest BCUT2D eigenvalue weighted by Crippen LogP contribution is -2.57. The van der Waals surface area contributed by atoms with Gasteiger partial charge in [0, 0.05) is 24.8 Å². The minimum atomic E-state index is -0.718. The summed E-state index contributed by atoms with van der Waals surface area (Å²) in [7, 11) is 0. The van der Waals surface area contributed by atoms with Gasteiger partial charge in [0.15, 0.2) is 0 Å². The summed E-state index contributed by atoms with van der Waals surface area (Å²) in [6.07, 6.45) is 2.57. The van der Waals surface area contributed by atoms with E-state index in [0.29, 0.717) is 38.8 Å². The smallest absolute Gasteiger partial charge is 0.245 e. The summed E-state index contributed by atoms with van der Waals surface area (Å²) in [6.45, 7) is 10.8. The van der Waals surface area contributed by atoms with Crippen molar-refractivity contribution in [1.82, 2.24) is 10.2 Å². The highest BCUT2D eigenvalue weighted by molar-refractivity contribution is 6.08. The van der Waals surface area contributed by atoms with E-state index in [9.17, 15) is 14.4 Å². The van der Waals surface area contributed by atoms with Crippen molar-refractivity contribution >= 4 is 23.4 Å². The first-order chi connectivity index (χ1) is 17.9. The van der Waals surface area contributed by atoms with Crippen LogP contribution in [0.3, 0.4) is 0 Å². The highest BCUT2D eigenvalue weighted by Gasteiger charge is 2.47. The standard InChI is InChI=1S/C31H42N4O3/c1-30(2,3)26(32)27(36)33-24(16-15-21-11-7-6-8-12-21)28(37)34-19-17-22(18-20-34)35-25-14-10-9-13-23(25)31(4,5)29(35)38/h6-14,22,24,26H,15-20,32H2,1-5H3,(H,33,36)/t24-,26+/m0/s1. The van der Waals surface area contributed by atoms with E-state index < -0.39 is 22.9 Å². The van der Waals surface area contributed by atoms with Gasteiger partial charge in [-0.1, -0.05) is 69.3 Å². The molecule has 0 radical (unpaired) electrons. The number of carbonyl (C=O) groups excluding carboxylic acids is 3. The zero-order valence-electron chi connectivity index (χ0n) is 23.4. The van der Waals surface area contributed by atoms with Crippen molar-refractivity contribution in [3.05, 3.63) is 65.7 Å². The van der Waals surface area contributed by atoms with Crippen LogP contribution in [0.5, 0.6) is 0 Å². The molecule has 7 nitrogen and oxygen atoms in total. The molecule has 2 aliphatic heterocycles. The molecule has 38 heavy (non-hydrogen) atoms. The monoisotopic (exact) mass is 518 g/mol. The molecule has 2 aromatic carbocycles. The lowest BCUT2D eigenvalue weighted by molar-refractivity contribution is -0.138. The number of hydrogen-bond donors (Lipinski definition) is 2. The van der Waals surface area contributed by atoms with Crippen LogP contribution in [0, 0.1) is 5.41 Å². The number of amides is 3. The maximum atomic E-state index is 13.7. The topological polar surface area (TPSA) is 95.7 Å². The fourth-order valence-electron chi connectivity index (χ4n) is 5.53. The Kier molecular flexibility index (Phi) is 7.98. The van der Waals surface area contributed by atoms with Crippen LogP contribution in [-0.4, -0.2) is 53.8 Å². The molecule has 1 fully saturated rings. The molecule has 0 aliphatic carbocycles. The molecule has 4 rings (SSSR count). The Morgan fingerprint density at radius 2 is 1.63 bits per heavy atom. The number of fused-ring (bicyclic) bond motifs is 1. The van der Waals surface area contributed by atoms with Gasteiger partial charge < -0.3 is 20.9 Å². The van der Waals surface area contributed by atoms with E-state index in [1.807, 2.05) is 99.0 Å². The number of benzene rings is 2. The predicted octanol–water partition coefficient (Wildman–Crippen LogP) is 3.79. The molecule has 2 heterocycles. The molecular weight excluding hydrogens is 476 g/mol. The number of rotatable bonds is 7. The van der Waals surface area contributed by atoms with Gasteiger partial charge in [-0.3, -0.25) is 14.4 Å². The van der Waals surface area contributed by atoms with Crippen molar-refractivity contribution in [2.24, 2.45) is 11.1 Å². The molecule has 0 spiro atoms. The van der Waals surface area contributed by atoms with E-state index >= 15 is 0 Å². The second-order valence-electron chi connectivity index (χ2n) is 12.3. The summed E-state index contributed by atoms with van der Waals surface area (Å²) in [5.41, 5.74) is 8.41. The van der Waals surface area contributed by atoms with Gasteiger partial charge in [-0.2, -0.15) is 0 Å². The van der Waals surface area contributed by atoms with Crippen LogP contribution in [0.4, 0.5) is 5.69 Å². The number of nitrogens with two attached hydrogens (primary N) is 1. The molecule has 3 amide bonds. The maximum absolute atomic E-state index is 13.7. The third-order valence-electron chi connectivity index (χ3n) is 8.13. The van der Waals surface area contributed by atoms with Gasteiger partial charge in [0.2, 0.25) is 17.7 Å². The average molecular weight is 519 g/mol. The number of likely N-dealkylation sites (tertiary alicyclic amines) is 1. The molecule has 3 N–H and O–H groups in total. The predicted molar refractivity (Wildman–Crippen MR) is 151 cm³/mol. The second kappa shape index (κ2) is 10.9. The number of hydrogen-bond acceptors (Lipinski definition) is 4. The number of nitrogens with zero attached hydrogens (tertiary/aromatic N) is 2. The third kappa shape index (κ3) is 5.63. The molecule has 204 valence electrons. The highest BCUT2D eigenvalue weighted by Crippen LogP contribution is 2.43. The minimum absolute atomic E-state index is 0.0427. The second-order valence-corrected chi connectivity index (χ2v) is 12.3. The summed E-state index contributed by atoms with van der Waals surface area (Å²) in [6, 6.07) is 16.7. The third-order valence-corrected chi connectivity index (χ3v) is 8.13. The van der Waals surface area contributed by atoms with Crippen molar-refractivity contribution < 1.29 is 14.4 Å². The van der Waals surface area contributed by atoms with Crippen LogP contribution in [0.15, 0.2) is 54.6 Å². The fourth-order valence-corrected chi connectivity index (χ4v) is 5.53. The van der Waals surface area contributed by atoms with Crippen LogP contribution in [-0.2, 0) is 26.2 Å². The molecule has 0 bridgehead atoms. The molecule has 1 saturated heterocycles. The number of aryl methyl sites for hydroxylation is 1. The van der Waals surface area contributed by atoms with E-state index in [-0.39, 0.29) is 23.8 Å². The summed E-state index contributed by atoms with van der Waals surface area (Å²) in [5.74, 6) is -0.268. The Morgan fingerprint density at radius 3 is 2.26 bits per heavy atom. The molecule has 0 aromatic heterocycles. The summed E-state index contributed by atoms with van der Waals surface area (Å²) in [4.78, 5) is 43.9. The van der Waals surface area contributed by atoms with Crippen LogP contribution >= 0.6 is 0 Å². The average Bonchev–Trinajstić information content (AvgIpc) is 3.10. The number of para-hydroxylation sites is 1. The first-order valence-electron chi connectivity index (χ1n) is 13.7. The molecule has 0 saturated carbocycles. The number of anilines is 1. The maximum Gasteiger partial charge on any atom is 0.245 e. The lowest BCUT2D eigenvalue weighted by Gasteiger charge is -2.39. The van der Waals surface area contributed by atoms with Gasteiger partial charge in [0.25, 0.3) is 0 Å². The summed E-state index contributed by atoms with van der Waals surface area (Å²) in [5, 5.41) is 2.97. The van der Waals surface area contributed by atoms with Crippen molar-refractivity contribution in [3.63, 3.8) is 0 Å². The van der Waals surface area contributed by atoms with Crippen LogP contribution < -0.4 is 16.0 Å². The van der Waals surface area contributed by atoms with Crippen LogP contribution in [0.1, 0.15) is 65.0 Å². The molecule has 7 heteroatoms. The molecule has 2 aliphatic rings. The van der Waals surface area contributed by atoms with Gasteiger partial charge >= 0.3 is 0 Å². The van der Waals surface area contributed by atoms with Gasteiger partial charge in [0.05, 0.1) is 11.5 Å². The zero-order valence-corrected chi connectivity index (χ0v) is 23.4. The quantitative estimate of drug-likeness (QED) is 0.583. The van der Waals surface area contributed by atoms with Crippen molar-refractivity contribution in [2.45, 2.75) is 83.8 Å².